The van der Waals surface area contributed by atoms with Gasteiger partial charge in [0.25, 0.3) is 15.8 Å². The Balaban J connectivity index is 2.26. The Morgan fingerprint density at radius 1 is 1.28 bits per heavy atom. The molecule has 2 N–H and O–H groups in total. The number of hydrogen-bond acceptors (Lipinski definition) is 6. The van der Waals surface area contributed by atoms with Crippen LogP contribution in [0.3, 0.4) is 0 Å². The fraction of sp³-hybridized carbons (Fsp3) is 0.118. The van der Waals surface area contributed by atoms with Crippen LogP contribution >= 0.6 is 0 Å². The molecule has 0 saturated heterocycles. The maximum absolute atomic E-state index is 12.5. The van der Waals surface area contributed by atoms with Gasteiger partial charge < -0.3 is 14.2 Å². The first-order valence-electron chi connectivity index (χ1n) is 8.01. The molecule has 0 atom stereocenters. The minimum Gasteiger partial charge on any atom is -0.478 e. The molecule has 1 aromatic heterocycles. The maximum Gasteiger partial charge on any atom is 0.339 e. The number of carboxylic acid groups (broad SMARTS) is 1. The monoisotopic (exact) mass is 418 g/mol. The summed E-state index contributed by atoms with van der Waals surface area (Å²) >= 11 is 0. The fourth-order valence-corrected chi connectivity index (χ4v) is 3.31. The van der Waals surface area contributed by atoms with Gasteiger partial charge in [0.05, 0.1) is 11.9 Å². The second-order valence-electron chi connectivity index (χ2n) is 6.15. The highest BCUT2D eigenvalue weighted by molar-refractivity contribution is 7.85. The second kappa shape index (κ2) is 7.07. The first-order chi connectivity index (χ1) is 13.5. The largest absolute Gasteiger partial charge is 0.478 e. The summed E-state index contributed by atoms with van der Waals surface area (Å²) in [6.45, 7) is 3.79. The fourth-order valence-electron chi connectivity index (χ4n) is 2.78. The van der Waals surface area contributed by atoms with Crippen LogP contribution in [0.15, 0.2) is 51.7 Å². The molecule has 1 aliphatic heterocycles. The average Bonchev–Trinajstić information content (AvgIpc) is 2.63. The van der Waals surface area contributed by atoms with E-state index in [1.54, 1.807) is 7.05 Å². The van der Waals surface area contributed by atoms with Crippen molar-refractivity contribution in [1.82, 2.24) is 14.1 Å². The van der Waals surface area contributed by atoms with Gasteiger partial charge in [0, 0.05) is 37.7 Å². The molecule has 0 aromatic carbocycles. The minimum atomic E-state index is -4.38. The van der Waals surface area contributed by atoms with E-state index in [1.807, 2.05) is 0 Å². The van der Waals surface area contributed by atoms with Crippen molar-refractivity contribution in [1.29, 1.82) is 0 Å². The molecule has 3 rings (SSSR count). The molecule has 11 nitrogen and oxygen atoms in total. The molecule has 150 valence electrons. The molecule has 2 heterocycles. The summed E-state index contributed by atoms with van der Waals surface area (Å²) in [4.78, 5) is 27.5. The van der Waals surface area contributed by atoms with Crippen LogP contribution in [0.2, 0.25) is 0 Å². The maximum atomic E-state index is 12.5. The highest BCUT2D eigenvalue weighted by atomic mass is 32.2. The molecule has 0 amide bonds. The van der Waals surface area contributed by atoms with Gasteiger partial charge in [0.1, 0.15) is 16.2 Å². The van der Waals surface area contributed by atoms with Gasteiger partial charge in [-0.3, -0.25) is 9.35 Å². The third-order valence-electron chi connectivity index (χ3n) is 4.17. The zero-order valence-electron chi connectivity index (χ0n) is 15.3. The Kier molecular flexibility index (Phi) is 4.90. The van der Waals surface area contributed by atoms with Crippen molar-refractivity contribution in [3.63, 3.8) is 0 Å². The van der Waals surface area contributed by atoms with E-state index in [9.17, 15) is 23.1 Å². The number of fused-ring (bicyclic) bond motifs is 1. The molecule has 0 saturated carbocycles. The molecule has 1 aliphatic carbocycles. The Morgan fingerprint density at radius 2 is 1.97 bits per heavy atom. The summed E-state index contributed by atoms with van der Waals surface area (Å²) in [7, 11) is -1.24. The Morgan fingerprint density at radius 3 is 2.55 bits per heavy atom. The van der Waals surface area contributed by atoms with Crippen LogP contribution in [0, 0.1) is 0 Å². The third-order valence-corrected chi connectivity index (χ3v) is 5.01. The van der Waals surface area contributed by atoms with E-state index in [4.69, 9.17) is 4.55 Å². The van der Waals surface area contributed by atoms with Crippen molar-refractivity contribution in [2.75, 3.05) is 0 Å². The molecule has 0 bridgehead atoms. The van der Waals surface area contributed by atoms with Crippen LogP contribution in [-0.2, 0) is 24.2 Å². The van der Waals surface area contributed by atoms with Crippen molar-refractivity contribution in [2.24, 2.45) is 19.2 Å². The number of aryl methyl sites for hydroxylation is 2. The van der Waals surface area contributed by atoms with Crippen LogP contribution < -0.4 is 10.9 Å². The topological polar surface area (TPSA) is 147 Å². The van der Waals surface area contributed by atoms with Gasteiger partial charge in [0.2, 0.25) is 10.9 Å². The Hall–Kier alpha value is -3.64. The van der Waals surface area contributed by atoms with E-state index in [0.29, 0.717) is 5.69 Å². The average molecular weight is 418 g/mol. The van der Waals surface area contributed by atoms with Crippen molar-refractivity contribution in [3.05, 3.63) is 58.2 Å². The van der Waals surface area contributed by atoms with Gasteiger partial charge in [-0.05, 0) is 12.1 Å². The smallest absolute Gasteiger partial charge is 0.339 e. The first-order valence-corrected chi connectivity index (χ1v) is 9.45. The first kappa shape index (κ1) is 20.1. The number of nitrogens with zero attached hydrogens (tertiary/aromatic N) is 5. The van der Waals surface area contributed by atoms with E-state index < -0.39 is 27.1 Å². The van der Waals surface area contributed by atoms with E-state index in [2.05, 4.69) is 16.8 Å². The molecule has 0 radical (unpaired) electrons. The standard InChI is InChI=1S/C17H15N5O6S/c1-20-8-10(29(26,27)28)4-5-14(20)19-22(3)13-6-11(17(24)25)16(23)12-7-18-9-21(2)15(12)13/h4-9H,3H2,1-2H3,(H-,24,25,26,27,28)/p+1. The molecule has 29 heavy (non-hydrogen) atoms. The lowest BCUT2D eigenvalue weighted by Crippen LogP contribution is -2.23. The summed E-state index contributed by atoms with van der Waals surface area (Å²) < 4.78 is 35.6. The van der Waals surface area contributed by atoms with Crippen LogP contribution in [-0.4, -0.2) is 49.6 Å². The second-order valence-corrected chi connectivity index (χ2v) is 7.57. The minimum absolute atomic E-state index is 0.0832. The van der Waals surface area contributed by atoms with Crippen LogP contribution in [0.1, 0.15) is 10.4 Å². The quantitative estimate of drug-likeness (QED) is 0.263. The van der Waals surface area contributed by atoms with Crippen molar-refractivity contribution in [3.8, 4) is 11.3 Å². The number of aromatic carboxylic acids is 1. The molecular formula is C17H16N5O6S+. The van der Waals surface area contributed by atoms with E-state index >= 15 is 0 Å². The number of carboxylic acids is 1. The molecule has 0 fully saturated rings. The summed E-state index contributed by atoms with van der Waals surface area (Å²) in [5.74, 6) is -1.40. The summed E-state index contributed by atoms with van der Waals surface area (Å²) in [5.41, 5.74) is -0.223. The van der Waals surface area contributed by atoms with Crippen LogP contribution in [0.5, 0.6) is 0 Å². The number of pyridine rings is 1. The van der Waals surface area contributed by atoms with E-state index in [1.165, 1.54) is 34.8 Å². The van der Waals surface area contributed by atoms with Gasteiger partial charge in [0.15, 0.2) is 6.72 Å². The predicted octanol–water partition coefficient (Wildman–Crippen LogP) is 0.0290. The molecule has 12 heteroatoms. The zero-order valence-corrected chi connectivity index (χ0v) is 16.2. The summed E-state index contributed by atoms with van der Waals surface area (Å²) in [6, 6.07) is 3.66. The molecule has 1 aromatic rings. The van der Waals surface area contributed by atoms with Crippen LogP contribution in [0.4, 0.5) is 5.69 Å². The van der Waals surface area contributed by atoms with Crippen molar-refractivity contribution in [2.45, 2.75) is 4.90 Å². The lowest BCUT2D eigenvalue weighted by Gasteiger charge is -2.11. The lowest BCUT2D eigenvalue weighted by molar-refractivity contribution is -0.442. The zero-order chi connectivity index (χ0) is 21.5. The van der Waals surface area contributed by atoms with Crippen molar-refractivity contribution >= 4 is 28.5 Å². The highest BCUT2D eigenvalue weighted by Crippen LogP contribution is 2.29. The SMILES string of the molecule is C=[N+](N=c1ccc(S(=O)(=O)O)cn1C)c1cc(C(=O)O)c(=O)c2cncn(C)c1-2. The van der Waals surface area contributed by atoms with Crippen molar-refractivity contribution < 1.29 is 27.6 Å². The summed E-state index contributed by atoms with van der Waals surface area (Å²) in [6.07, 6.45) is 3.87. The van der Waals surface area contributed by atoms with Gasteiger partial charge in [-0.15, -0.1) is 0 Å². The number of rotatable bonds is 4. The van der Waals surface area contributed by atoms with Gasteiger partial charge in [-0.25, -0.2) is 9.78 Å². The Bertz CT molecular complexity index is 1370. The molecule has 0 spiro atoms. The molecule has 2 aliphatic rings. The number of hydrogen-bond donors (Lipinski definition) is 2. The summed E-state index contributed by atoms with van der Waals surface area (Å²) in [5, 5.41) is 13.6. The third kappa shape index (κ3) is 3.70. The predicted molar refractivity (Wildman–Crippen MR) is 101 cm³/mol. The number of carbonyl (C=O) groups is 1. The Labute approximate surface area is 164 Å². The molecular weight excluding hydrogens is 402 g/mol. The number of aromatic nitrogens is 3. The van der Waals surface area contributed by atoms with Gasteiger partial charge in [-0.2, -0.15) is 8.42 Å². The normalized spacial score (nSPS) is 12.3. The van der Waals surface area contributed by atoms with Gasteiger partial charge >= 0.3 is 5.97 Å². The highest BCUT2D eigenvalue weighted by Gasteiger charge is 2.27. The number of benzene rings is 1. The van der Waals surface area contributed by atoms with E-state index in [0.717, 1.165) is 23.0 Å². The van der Waals surface area contributed by atoms with Crippen LogP contribution in [0.25, 0.3) is 11.3 Å². The van der Waals surface area contributed by atoms with E-state index in [-0.39, 0.29) is 21.6 Å². The van der Waals surface area contributed by atoms with Gasteiger partial charge in [-0.1, -0.05) is 4.68 Å². The molecule has 0 unspecified atom stereocenters. The lowest BCUT2D eigenvalue weighted by atomic mass is 10.0.